The Hall–Kier alpha value is -0.270. The molecule has 0 aliphatic heterocycles. The van der Waals surface area contributed by atoms with Crippen LogP contribution in [0.1, 0.15) is 45.6 Å². The van der Waals surface area contributed by atoms with E-state index in [1.165, 1.54) is 6.07 Å². The lowest BCUT2D eigenvalue weighted by molar-refractivity contribution is 0.333. The maximum atomic E-state index is 14.0. The summed E-state index contributed by atoms with van der Waals surface area (Å²) in [6.45, 7) is 6.62. The fraction of sp³-hybridized carbons (Fsp3) is 0.625. The van der Waals surface area contributed by atoms with Gasteiger partial charge in [-0.3, -0.25) is 0 Å². The fourth-order valence-electron chi connectivity index (χ4n) is 2.30. The first-order chi connectivity index (χ1) is 8.84. The van der Waals surface area contributed by atoms with E-state index in [2.05, 4.69) is 20.8 Å². The van der Waals surface area contributed by atoms with Crippen molar-refractivity contribution >= 4 is 23.2 Å². The normalized spacial score (nSPS) is 12.7. The minimum absolute atomic E-state index is 0.209. The molecule has 0 aromatic heterocycles. The van der Waals surface area contributed by atoms with Crippen LogP contribution in [0.2, 0.25) is 0 Å². The summed E-state index contributed by atoms with van der Waals surface area (Å²) in [4.78, 5) is 0. The van der Waals surface area contributed by atoms with Crippen LogP contribution >= 0.6 is 23.2 Å². The van der Waals surface area contributed by atoms with Crippen molar-refractivity contribution in [2.75, 3.05) is 11.8 Å². The molecule has 0 atom stereocenters. The maximum Gasteiger partial charge on any atom is 0.127 e. The van der Waals surface area contributed by atoms with Crippen LogP contribution in [0.4, 0.5) is 4.39 Å². The van der Waals surface area contributed by atoms with Crippen molar-refractivity contribution in [3.8, 4) is 0 Å². The molecule has 1 rings (SSSR count). The molecular weight excluding hydrogens is 282 g/mol. The van der Waals surface area contributed by atoms with Crippen LogP contribution in [-0.4, -0.2) is 11.8 Å². The minimum Gasteiger partial charge on any atom is -0.207 e. The molecular formula is C16H23Cl2F. The lowest BCUT2D eigenvalue weighted by atomic mass is 9.77. The van der Waals surface area contributed by atoms with Gasteiger partial charge in [0.2, 0.25) is 0 Å². The highest BCUT2D eigenvalue weighted by molar-refractivity contribution is 6.22. The van der Waals surface area contributed by atoms with Gasteiger partial charge in [0, 0.05) is 17.2 Å². The average molecular weight is 305 g/mol. The van der Waals surface area contributed by atoms with Gasteiger partial charge in [0.05, 0.1) is 0 Å². The lowest BCUT2D eigenvalue weighted by Crippen LogP contribution is -2.32. The first kappa shape index (κ1) is 16.8. The van der Waals surface area contributed by atoms with Crippen LogP contribution in [0.5, 0.6) is 0 Å². The molecule has 0 radical (unpaired) electrons. The van der Waals surface area contributed by atoms with Crippen molar-refractivity contribution in [1.82, 2.24) is 0 Å². The predicted molar refractivity (Wildman–Crippen MR) is 82.8 cm³/mol. The third-order valence-corrected chi connectivity index (χ3v) is 4.56. The molecule has 0 N–H and O–H groups in total. The number of benzene rings is 1. The van der Waals surface area contributed by atoms with Gasteiger partial charge in [-0.05, 0) is 29.9 Å². The average Bonchev–Trinajstić information content (AvgIpc) is 2.35. The lowest BCUT2D eigenvalue weighted by Gasteiger charge is -2.31. The number of rotatable bonds is 6. The summed E-state index contributed by atoms with van der Waals surface area (Å²) in [5.41, 5.74) is 0.466. The molecule has 19 heavy (non-hydrogen) atoms. The van der Waals surface area contributed by atoms with E-state index in [-0.39, 0.29) is 11.2 Å². The van der Waals surface area contributed by atoms with Crippen LogP contribution in [0.3, 0.4) is 0 Å². The molecule has 1 aromatic carbocycles. The van der Waals surface area contributed by atoms with Crippen LogP contribution < -0.4 is 0 Å². The summed E-state index contributed by atoms with van der Waals surface area (Å²) < 4.78 is 14.0. The van der Waals surface area contributed by atoms with E-state index in [4.69, 9.17) is 23.2 Å². The van der Waals surface area contributed by atoms with E-state index in [0.717, 1.165) is 19.3 Å². The van der Waals surface area contributed by atoms with E-state index in [1.807, 2.05) is 6.07 Å². The zero-order valence-corrected chi connectivity index (χ0v) is 13.5. The van der Waals surface area contributed by atoms with Crippen molar-refractivity contribution in [2.24, 2.45) is 5.41 Å². The number of halogens is 3. The number of alkyl halides is 2. The van der Waals surface area contributed by atoms with Gasteiger partial charge < -0.3 is 0 Å². The van der Waals surface area contributed by atoms with Crippen LogP contribution in [0.25, 0.3) is 0 Å². The van der Waals surface area contributed by atoms with Gasteiger partial charge in [0.25, 0.3) is 0 Å². The number of hydrogen-bond donors (Lipinski definition) is 0. The molecule has 3 heteroatoms. The Bertz CT molecular complexity index is 392. The highest BCUT2D eigenvalue weighted by Gasteiger charge is 2.33. The van der Waals surface area contributed by atoms with E-state index in [1.54, 1.807) is 12.1 Å². The second-order valence-corrected chi connectivity index (χ2v) is 6.98. The SMILES string of the molecule is CC(C)(C)CCCC(CCl)(CCl)c1ccccc1F. The van der Waals surface area contributed by atoms with Crippen LogP contribution in [0, 0.1) is 11.2 Å². The first-order valence-corrected chi connectivity index (χ1v) is 7.78. The Morgan fingerprint density at radius 1 is 1.00 bits per heavy atom. The van der Waals surface area contributed by atoms with Crippen molar-refractivity contribution in [1.29, 1.82) is 0 Å². The summed E-state index contributed by atoms with van der Waals surface area (Å²) in [6, 6.07) is 6.82. The highest BCUT2D eigenvalue weighted by Crippen LogP contribution is 2.36. The molecule has 0 fully saturated rings. The smallest absolute Gasteiger partial charge is 0.127 e. The van der Waals surface area contributed by atoms with Gasteiger partial charge >= 0.3 is 0 Å². The molecule has 0 spiro atoms. The molecule has 108 valence electrons. The summed E-state index contributed by atoms with van der Waals surface area (Å²) in [6.07, 6.45) is 2.90. The molecule has 0 unspecified atom stereocenters. The van der Waals surface area contributed by atoms with E-state index < -0.39 is 5.41 Å². The van der Waals surface area contributed by atoms with Crippen molar-refractivity contribution in [3.63, 3.8) is 0 Å². The molecule has 1 aromatic rings. The molecule has 0 aliphatic carbocycles. The zero-order valence-electron chi connectivity index (χ0n) is 12.0. The third-order valence-electron chi connectivity index (χ3n) is 3.54. The molecule has 0 heterocycles. The second-order valence-electron chi connectivity index (χ2n) is 6.44. The Labute approximate surface area is 126 Å². The fourth-order valence-corrected chi connectivity index (χ4v) is 3.14. The quantitative estimate of drug-likeness (QED) is 0.586. The monoisotopic (exact) mass is 304 g/mol. The Morgan fingerprint density at radius 2 is 1.58 bits per heavy atom. The van der Waals surface area contributed by atoms with Gasteiger partial charge in [0.15, 0.2) is 0 Å². The van der Waals surface area contributed by atoms with Crippen LogP contribution in [-0.2, 0) is 5.41 Å². The third kappa shape index (κ3) is 4.65. The predicted octanol–water partition coefficient (Wildman–Crippen LogP) is 5.76. The van der Waals surface area contributed by atoms with Gasteiger partial charge in [-0.1, -0.05) is 45.4 Å². The number of hydrogen-bond acceptors (Lipinski definition) is 0. The zero-order chi connectivity index (χ0) is 14.5. The summed E-state index contributed by atoms with van der Waals surface area (Å²) >= 11 is 12.3. The topological polar surface area (TPSA) is 0 Å². The standard InChI is InChI=1S/C16H23Cl2F/c1-15(2,3)9-6-10-16(11-17,12-18)13-7-4-5-8-14(13)19/h4-5,7-8H,6,9-12H2,1-3H3. The van der Waals surface area contributed by atoms with Crippen molar-refractivity contribution in [3.05, 3.63) is 35.6 Å². The highest BCUT2D eigenvalue weighted by atomic mass is 35.5. The van der Waals surface area contributed by atoms with Gasteiger partial charge in [0.1, 0.15) is 5.82 Å². The van der Waals surface area contributed by atoms with E-state index in [9.17, 15) is 4.39 Å². The van der Waals surface area contributed by atoms with Gasteiger partial charge in [-0.25, -0.2) is 4.39 Å². The molecule has 0 amide bonds. The largest absolute Gasteiger partial charge is 0.207 e. The molecule has 0 nitrogen and oxygen atoms in total. The molecule has 0 aliphatic rings. The summed E-state index contributed by atoms with van der Waals surface area (Å²) in [7, 11) is 0. The maximum absolute atomic E-state index is 14.0. The Balaban J connectivity index is 2.89. The first-order valence-electron chi connectivity index (χ1n) is 6.72. The van der Waals surface area contributed by atoms with Crippen molar-refractivity contribution < 1.29 is 4.39 Å². The molecule has 0 saturated heterocycles. The Kier molecular flexibility index (Phi) is 6.14. The summed E-state index contributed by atoms with van der Waals surface area (Å²) in [5, 5.41) is 0. The Morgan fingerprint density at radius 3 is 2.05 bits per heavy atom. The summed E-state index contributed by atoms with van der Waals surface area (Å²) in [5.74, 6) is 0.489. The van der Waals surface area contributed by atoms with Crippen molar-refractivity contribution in [2.45, 2.75) is 45.4 Å². The van der Waals surface area contributed by atoms with Gasteiger partial charge in [-0.2, -0.15) is 0 Å². The van der Waals surface area contributed by atoms with Crippen LogP contribution in [0.15, 0.2) is 24.3 Å². The van der Waals surface area contributed by atoms with Gasteiger partial charge in [-0.15, -0.1) is 23.2 Å². The molecule has 0 saturated carbocycles. The van der Waals surface area contributed by atoms with E-state index in [0.29, 0.717) is 17.3 Å². The minimum atomic E-state index is -0.459. The second kappa shape index (κ2) is 6.95. The molecule has 0 bridgehead atoms. The van der Waals surface area contributed by atoms with E-state index >= 15 is 0 Å².